The summed E-state index contributed by atoms with van der Waals surface area (Å²) >= 11 is 0. The molecule has 8 heteroatoms. The average molecular weight is 333 g/mol. The maximum atomic E-state index is 12.8. The molecule has 0 saturated carbocycles. The van der Waals surface area contributed by atoms with Crippen LogP contribution in [0, 0.1) is 6.92 Å². The highest BCUT2D eigenvalue weighted by atomic mass is 16.2. The number of piperidine rings is 1. The number of imide groups is 1. The van der Waals surface area contributed by atoms with Crippen molar-refractivity contribution in [3.63, 3.8) is 0 Å². The molecule has 8 nitrogen and oxygen atoms in total. The molecule has 0 radical (unpaired) electrons. The van der Waals surface area contributed by atoms with E-state index in [1.54, 1.807) is 11.1 Å². The second-order valence-electron chi connectivity index (χ2n) is 7.51. The summed E-state index contributed by atoms with van der Waals surface area (Å²) in [5, 5.41) is 9.32. The lowest BCUT2D eigenvalue weighted by atomic mass is 9.87. The van der Waals surface area contributed by atoms with Gasteiger partial charge in [-0.15, -0.1) is 0 Å². The Labute approximate surface area is 140 Å². The Morgan fingerprint density at radius 1 is 1.25 bits per heavy atom. The Bertz CT molecular complexity index is 708. The third-order valence-corrected chi connectivity index (χ3v) is 4.79. The van der Waals surface area contributed by atoms with Gasteiger partial charge in [-0.1, -0.05) is 0 Å². The first kappa shape index (κ1) is 16.5. The van der Waals surface area contributed by atoms with Crippen LogP contribution in [-0.4, -0.2) is 51.2 Å². The van der Waals surface area contributed by atoms with Gasteiger partial charge in [-0.2, -0.15) is 5.10 Å². The van der Waals surface area contributed by atoms with Crippen LogP contribution in [0.4, 0.5) is 4.79 Å². The Kier molecular flexibility index (Phi) is 3.65. The first-order valence-electron chi connectivity index (χ1n) is 8.12. The maximum Gasteiger partial charge on any atom is 0.322 e. The lowest BCUT2D eigenvalue weighted by molar-refractivity contribution is -0.125. The summed E-state index contributed by atoms with van der Waals surface area (Å²) in [4.78, 5) is 37.9. The number of rotatable bonds is 1. The molecule has 0 unspecified atom stereocenters. The summed E-state index contributed by atoms with van der Waals surface area (Å²) in [6.07, 6.45) is 2.45. The first-order chi connectivity index (χ1) is 11.1. The standard InChI is InChI=1S/C16H23N5O3/c1-10-11(9-17-21(10)15(2,3)4)12(22)20-7-5-16(6-8-20)13(23)18-14(24)19-16/h9H,5-8H2,1-4H3,(H2,18,19,23,24). The Hall–Kier alpha value is -2.38. The van der Waals surface area contributed by atoms with E-state index in [9.17, 15) is 14.4 Å². The Morgan fingerprint density at radius 2 is 1.88 bits per heavy atom. The molecule has 2 fully saturated rings. The molecule has 0 aliphatic carbocycles. The van der Waals surface area contributed by atoms with Crippen molar-refractivity contribution in [3.8, 4) is 0 Å². The van der Waals surface area contributed by atoms with E-state index in [1.165, 1.54) is 0 Å². The SMILES string of the molecule is Cc1c(C(=O)N2CCC3(CC2)NC(=O)NC3=O)cnn1C(C)(C)C. The summed E-state index contributed by atoms with van der Waals surface area (Å²) in [5.41, 5.74) is 0.361. The van der Waals surface area contributed by atoms with Crippen LogP contribution in [0.2, 0.25) is 0 Å². The molecular formula is C16H23N5O3. The monoisotopic (exact) mass is 333 g/mol. The van der Waals surface area contributed by atoms with Crippen molar-refractivity contribution >= 4 is 17.8 Å². The molecule has 0 bridgehead atoms. The number of carbonyl (C=O) groups excluding carboxylic acids is 3. The van der Waals surface area contributed by atoms with Crippen molar-refractivity contribution in [2.24, 2.45) is 0 Å². The van der Waals surface area contributed by atoms with Gasteiger partial charge in [0, 0.05) is 18.8 Å². The van der Waals surface area contributed by atoms with Crippen LogP contribution in [0.1, 0.15) is 49.7 Å². The molecule has 0 aromatic carbocycles. The number of urea groups is 1. The maximum absolute atomic E-state index is 12.8. The van der Waals surface area contributed by atoms with Crippen molar-refractivity contribution in [1.29, 1.82) is 0 Å². The quantitative estimate of drug-likeness (QED) is 0.742. The normalized spacial score (nSPS) is 20.2. The summed E-state index contributed by atoms with van der Waals surface area (Å²) in [7, 11) is 0. The molecular weight excluding hydrogens is 310 g/mol. The van der Waals surface area contributed by atoms with Crippen molar-refractivity contribution in [3.05, 3.63) is 17.5 Å². The second-order valence-corrected chi connectivity index (χ2v) is 7.51. The fraction of sp³-hybridized carbons (Fsp3) is 0.625. The predicted octanol–water partition coefficient (Wildman–Crippen LogP) is 0.761. The fourth-order valence-electron chi connectivity index (χ4n) is 3.44. The number of likely N-dealkylation sites (tertiary alicyclic amines) is 1. The number of nitrogens with zero attached hydrogens (tertiary/aromatic N) is 3. The summed E-state index contributed by atoms with van der Waals surface area (Å²) in [6.45, 7) is 8.84. The molecule has 3 rings (SSSR count). The number of hydrogen-bond acceptors (Lipinski definition) is 4. The number of nitrogens with one attached hydrogen (secondary N) is 2. The van der Waals surface area contributed by atoms with Crippen LogP contribution < -0.4 is 10.6 Å². The van der Waals surface area contributed by atoms with Crippen molar-refractivity contribution in [1.82, 2.24) is 25.3 Å². The van der Waals surface area contributed by atoms with Gasteiger partial charge in [0.15, 0.2) is 0 Å². The van der Waals surface area contributed by atoms with Crippen LogP contribution >= 0.6 is 0 Å². The van der Waals surface area contributed by atoms with Gasteiger partial charge in [-0.05, 0) is 40.5 Å². The molecule has 0 atom stereocenters. The van der Waals surface area contributed by atoms with Crippen LogP contribution in [0.5, 0.6) is 0 Å². The van der Waals surface area contributed by atoms with E-state index >= 15 is 0 Å². The minimum Gasteiger partial charge on any atom is -0.338 e. The number of amides is 4. The van der Waals surface area contributed by atoms with Gasteiger partial charge in [0.05, 0.1) is 17.3 Å². The Balaban J connectivity index is 1.74. The van der Waals surface area contributed by atoms with Crippen LogP contribution in [-0.2, 0) is 10.3 Å². The molecule has 1 aromatic heterocycles. The smallest absolute Gasteiger partial charge is 0.322 e. The topological polar surface area (TPSA) is 96.3 Å². The molecule has 1 aromatic rings. The van der Waals surface area contributed by atoms with Crippen LogP contribution in [0.25, 0.3) is 0 Å². The largest absolute Gasteiger partial charge is 0.338 e. The zero-order valence-corrected chi connectivity index (χ0v) is 14.5. The predicted molar refractivity (Wildman–Crippen MR) is 86.5 cm³/mol. The minimum absolute atomic E-state index is 0.0809. The highest BCUT2D eigenvalue weighted by Gasteiger charge is 2.48. The van der Waals surface area contributed by atoms with Gasteiger partial charge in [0.1, 0.15) is 5.54 Å². The van der Waals surface area contributed by atoms with E-state index in [2.05, 4.69) is 15.7 Å². The van der Waals surface area contributed by atoms with E-state index < -0.39 is 11.6 Å². The molecule has 2 saturated heterocycles. The minimum atomic E-state index is -0.863. The zero-order chi connectivity index (χ0) is 17.7. The molecule has 24 heavy (non-hydrogen) atoms. The van der Waals surface area contributed by atoms with E-state index in [4.69, 9.17) is 0 Å². The molecule has 130 valence electrons. The Morgan fingerprint density at radius 3 is 2.33 bits per heavy atom. The van der Waals surface area contributed by atoms with Gasteiger partial charge < -0.3 is 10.2 Å². The molecule has 2 aliphatic rings. The third kappa shape index (κ3) is 2.55. The van der Waals surface area contributed by atoms with E-state index in [1.807, 2.05) is 32.4 Å². The van der Waals surface area contributed by atoms with Crippen LogP contribution in [0.3, 0.4) is 0 Å². The van der Waals surface area contributed by atoms with Gasteiger partial charge in [0.25, 0.3) is 11.8 Å². The summed E-state index contributed by atoms with van der Waals surface area (Å²) in [5.74, 6) is -0.376. The highest BCUT2D eigenvalue weighted by Crippen LogP contribution is 2.27. The molecule has 3 heterocycles. The lowest BCUT2D eigenvalue weighted by Crippen LogP contribution is -2.55. The van der Waals surface area contributed by atoms with Gasteiger partial charge in [-0.25, -0.2) is 4.79 Å². The fourth-order valence-corrected chi connectivity index (χ4v) is 3.44. The zero-order valence-electron chi connectivity index (χ0n) is 14.5. The van der Waals surface area contributed by atoms with Crippen LogP contribution in [0.15, 0.2) is 6.20 Å². The second kappa shape index (κ2) is 5.32. The lowest BCUT2D eigenvalue weighted by Gasteiger charge is -2.37. The molecule has 1 spiro atoms. The van der Waals surface area contributed by atoms with Gasteiger partial charge in [0.2, 0.25) is 0 Å². The molecule has 4 amide bonds. The average Bonchev–Trinajstić information content (AvgIpc) is 3.00. The first-order valence-corrected chi connectivity index (χ1v) is 8.12. The van der Waals surface area contributed by atoms with Crippen molar-refractivity contribution < 1.29 is 14.4 Å². The number of carbonyl (C=O) groups is 3. The van der Waals surface area contributed by atoms with Gasteiger partial charge in [-0.3, -0.25) is 19.6 Å². The molecule has 2 aliphatic heterocycles. The highest BCUT2D eigenvalue weighted by molar-refractivity contribution is 6.07. The number of aromatic nitrogens is 2. The number of hydrogen-bond donors (Lipinski definition) is 2. The van der Waals surface area contributed by atoms with E-state index in [0.29, 0.717) is 31.5 Å². The van der Waals surface area contributed by atoms with E-state index in [0.717, 1.165) is 5.69 Å². The van der Waals surface area contributed by atoms with Crippen molar-refractivity contribution in [2.45, 2.75) is 51.6 Å². The van der Waals surface area contributed by atoms with Gasteiger partial charge >= 0.3 is 6.03 Å². The summed E-state index contributed by atoms with van der Waals surface area (Å²) in [6, 6.07) is -0.456. The van der Waals surface area contributed by atoms with Crippen molar-refractivity contribution in [2.75, 3.05) is 13.1 Å². The summed E-state index contributed by atoms with van der Waals surface area (Å²) < 4.78 is 1.84. The molecule has 2 N–H and O–H groups in total. The van der Waals surface area contributed by atoms with E-state index in [-0.39, 0.29) is 17.4 Å². The third-order valence-electron chi connectivity index (χ3n) is 4.79.